The Balaban J connectivity index is 2.37. The van der Waals surface area contributed by atoms with Gasteiger partial charge in [-0.15, -0.1) is 0 Å². The molecule has 1 aromatic heterocycles. The number of ether oxygens (including phenoxy) is 5. The van der Waals surface area contributed by atoms with E-state index in [0.29, 0.717) is 17.1 Å². The van der Waals surface area contributed by atoms with E-state index in [9.17, 15) is 5.26 Å². The first-order chi connectivity index (χ1) is 13.1. The van der Waals surface area contributed by atoms with Gasteiger partial charge in [0.2, 0.25) is 0 Å². The molecule has 1 aromatic carbocycles. The molecule has 7 nitrogen and oxygen atoms in total. The SMILES string of the molecule is COC1(OC)OC(c2ccccc2)=C(C#N)[C@@H](c2ccco2)C1(OC)OC. The Morgan fingerprint density at radius 1 is 0.926 bits per heavy atom. The topological polar surface area (TPSA) is 83.1 Å². The molecule has 7 heteroatoms. The molecule has 0 bridgehead atoms. The highest BCUT2D eigenvalue weighted by atomic mass is 16.9. The van der Waals surface area contributed by atoms with Crippen LogP contribution in [-0.2, 0) is 23.7 Å². The number of furan rings is 1. The maximum absolute atomic E-state index is 10.0. The lowest BCUT2D eigenvalue weighted by Gasteiger charge is -2.50. The summed E-state index contributed by atoms with van der Waals surface area (Å²) in [6, 6.07) is 14.9. The predicted molar refractivity (Wildman–Crippen MR) is 95.0 cm³/mol. The van der Waals surface area contributed by atoms with Gasteiger partial charge < -0.3 is 28.1 Å². The predicted octanol–water partition coefficient (Wildman–Crippen LogP) is 3.26. The van der Waals surface area contributed by atoms with Crippen molar-refractivity contribution in [2.45, 2.75) is 17.7 Å². The lowest BCUT2D eigenvalue weighted by molar-refractivity contribution is -0.473. The van der Waals surface area contributed by atoms with Crippen molar-refractivity contribution in [3.05, 3.63) is 65.6 Å². The van der Waals surface area contributed by atoms with Crippen molar-refractivity contribution in [1.29, 1.82) is 5.26 Å². The molecule has 0 fully saturated rings. The van der Waals surface area contributed by atoms with Gasteiger partial charge >= 0.3 is 5.97 Å². The molecule has 0 saturated carbocycles. The molecule has 2 aromatic rings. The standard InChI is InChI=1S/C20H21NO6/c1-22-19(23-2)17(16-11-8-12-26-16)15(13-21)18(14-9-6-5-7-10-14)27-20(19,24-3)25-4/h5-12,17H,1-4H3/t17-/m0/s1. The van der Waals surface area contributed by atoms with Crippen LogP contribution in [0.2, 0.25) is 0 Å². The van der Waals surface area contributed by atoms with Crippen molar-refractivity contribution in [3.8, 4) is 6.07 Å². The van der Waals surface area contributed by atoms with Crippen LogP contribution in [0.1, 0.15) is 17.2 Å². The van der Waals surface area contributed by atoms with Gasteiger partial charge in [0.25, 0.3) is 5.79 Å². The number of nitrogens with zero attached hydrogens (tertiary/aromatic N) is 1. The summed E-state index contributed by atoms with van der Waals surface area (Å²) in [5.41, 5.74) is 0.953. The second kappa shape index (κ2) is 7.55. The van der Waals surface area contributed by atoms with Crippen LogP contribution in [0, 0.1) is 11.3 Å². The smallest absolute Gasteiger partial charge is 0.385 e. The van der Waals surface area contributed by atoms with Gasteiger partial charge in [0.15, 0.2) is 0 Å². The third-order valence-electron chi connectivity index (χ3n) is 4.70. The summed E-state index contributed by atoms with van der Waals surface area (Å²) in [7, 11) is 5.68. The molecule has 1 atom stereocenters. The van der Waals surface area contributed by atoms with Crippen molar-refractivity contribution < 1.29 is 28.1 Å². The number of nitriles is 1. The Bertz CT molecular complexity index is 829. The van der Waals surface area contributed by atoms with Crippen LogP contribution in [0.15, 0.2) is 58.7 Å². The molecule has 0 amide bonds. The Morgan fingerprint density at radius 2 is 1.59 bits per heavy atom. The fraction of sp³-hybridized carbons (Fsp3) is 0.350. The Kier molecular flexibility index (Phi) is 5.35. The van der Waals surface area contributed by atoms with E-state index < -0.39 is 17.7 Å². The van der Waals surface area contributed by atoms with Crippen LogP contribution in [-0.4, -0.2) is 40.2 Å². The number of benzene rings is 1. The molecule has 0 N–H and O–H groups in total. The maximum Gasteiger partial charge on any atom is 0.385 e. The van der Waals surface area contributed by atoms with Gasteiger partial charge in [-0.05, 0) is 12.1 Å². The molecule has 2 heterocycles. The average Bonchev–Trinajstić information content (AvgIpc) is 3.26. The summed E-state index contributed by atoms with van der Waals surface area (Å²) in [5.74, 6) is -3.49. The quantitative estimate of drug-likeness (QED) is 0.721. The first-order valence-corrected chi connectivity index (χ1v) is 8.25. The summed E-state index contributed by atoms with van der Waals surface area (Å²) >= 11 is 0. The zero-order valence-electron chi connectivity index (χ0n) is 15.6. The lowest BCUT2D eigenvalue weighted by atomic mass is 9.82. The van der Waals surface area contributed by atoms with E-state index in [1.165, 1.54) is 34.7 Å². The molecule has 0 spiro atoms. The highest BCUT2D eigenvalue weighted by Crippen LogP contribution is 2.53. The van der Waals surface area contributed by atoms with Crippen LogP contribution in [0.4, 0.5) is 0 Å². The van der Waals surface area contributed by atoms with Gasteiger partial charge in [0.05, 0.1) is 17.9 Å². The normalized spacial score (nSPS) is 20.8. The second-order valence-electron chi connectivity index (χ2n) is 5.81. The molecule has 0 aliphatic carbocycles. The fourth-order valence-electron chi connectivity index (χ4n) is 3.48. The highest BCUT2D eigenvalue weighted by molar-refractivity contribution is 5.70. The second-order valence-corrected chi connectivity index (χ2v) is 5.81. The van der Waals surface area contributed by atoms with Crippen LogP contribution >= 0.6 is 0 Å². The first kappa shape index (κ1) is 19.1. The summed E-state index contributed by atoms with van der Waals surface area (Å²) in [6.07, 6.45) is 1.51. The molecule has 1 aliphatic rings. The van der Waals surface area contributed by atoms with E-state index in [4.69, 9.17) is 28.1 Å². The zero-order valence-corrected chi connectivity index (χ0v) is 15.6. The molecule has 0 radical (unpaired) electrons. The molecular weight excluding hydrogens is 350 g/mol. The van der Waals surface area contributed by atoms with Crippen LogP contribution < -0.4 is 0 Å². The van der Waals surface area contributed by atoms with Crippen molar-refractivity contribution in [3.63, 3.8) is 0 Å². The van der Waals surface area contributed by atoms with Gasteiger partial charge in [0, 0.05) is 34.0 Å². The van der Waals surface area contributed by atoms with Gasteiger partial charge in [-0.2, -0.15) is 5.26 Å². The minimum absolute atomic E-state index is 0.268. The Labute approximate surface area is 157 Å². The van der Waals surface area contributed by atoms with E-state index >= 15 is 0 Å². The third kappa shape index (κ3) is 2.74. The maximum atomic E-state index is 10.0. The van der Waals surface area contributed by atoms with Gasteiger partial charge in [-0.3, -0.25) is 0 Å². The number of hydrogen-bond acceptors (Lipinski definition) is 7. The average molecular weight is 371 g/mol. The van der Waals surface area contributed by atoms with Crippen LogP contribution in [0.3, 0.4) is 0 Å². The van der Waals surface area contributed by atoms with Crippen molar-refractivity contribution in [1.82, 2.24) is 0 Å². The number of methoxy groups -OCH3 is 4. The fourth-order valence-corrected chi connectivity index (χ4v) is 3.48. The molecule has 142 valence electrons. The monoisotopic (exact) mass is 371 g/mol. The van der Waals surface area contributed by atoms with Gasteiger partial charge in [0.1, 0.15) is 17.4 Å². The van der Waals surface area contributed by atoms with E-state index in [-0.39, 0.29) is 5.57 Å². The molecule has 0 unspecified atom stereocenters. The summed E-state index contributed by atoms with van der Waals surface area (Å²) in [6.45, 7) is 0. The largest absolute Gasteiger partial charge is 0.468 e. The van der Waals surface area contributed by atoms with E-state index in [1.54, 1.807) is 12.1 Å². The summed E-state index contributed by atoms with van der Waals surface area (Å²) in [4.78, 5) is 0. The third-order valence-corrected chi connectivity index (χ3v) is 4.70. The molecule has 0 saturated heterocycles. The van der Waals surface area contributed by atoms with E-state index in [0.717, 1.165) is 0 Å². The summed E-state index contributed by atoms with van der Waals surface area (Å²) in [5, 5.41) is 10.0. The molecular formula is C20H21NO6. The van der Waals surface area contributed by atoms with Gasteiger partial charge in [-0.1, -0.05) is 30.3 Å². The Hall–Kier alpha value is -2.63. The number of hydrogen-bond donors (Lipinski definition) is 0. The highest BCUT2D eigenvalue weighted by Gasteiger charge is 2.68. The summed E-state index contributed by atoms with van der Waals surface area (Å²) < 4.78 is 34.4. The van der Waals surface area contributed by atoms with E-state index in [2.05, 4.69) is 6.07 Å². The first-order valence-electron chi connectivity index (χ1n) is 8.25. The van der Waals surface area contributed by atoms with Crippen LogP contribution in [0.25, 0.3) is 5.76 Å². The number of rotatable bonds is 6. The van der Waals surface area contributed by atoms with Crippen LogP contribution in [0.5, 0.6) is 0 Å². The van der Waals surface area contributed by atoms with E-state index in [1.807, 2.05) is 30.3 Å². The molecule has 1 aliphatic heterocycles. The minimum atomic E-state index is -1.79. The van der Waals surface area contributed by atoms with Crippen molar-refractivity contribution in [2.24, 2.45) is 0 Å². The zero-order chi connectivity index (χ0) is 19.5. The Morgan fingerprint density at radius 3 is 2.07 bits per heavy atom. The minimum Gasteiger partial charge on any atom is -0.468 e. The van der Waals surface area contributed by atoms with Crippen molar-refractivity contribution in [2.75, 3.05) is 28.4 Å². The van der Waals surface area contributed by atoms with Crippen molar-refractivity contribution >= 4 is 5.76 Å². The van der Waals surface area contributed by atoms with Gasteiger partial charge in [-0.25, -0.2) is 0 Å². The molecule has 3 rings (SSSR count). The molecule has 27 heavy (non-hydrogen) atoms. The lowest BCUT2D eigenvalue weighted by Crippen LogP contribution is -2.65.